The van der Waals surface area contributed by atoms with Gasteiger partial charge in [-0.15, -0.1) is 11.8 Å². The van der Waals surface area contributed by atoms with Crippen molar-refractivity contribution in [3.05, 3.63) is 94.5 Å². The molecule has 0 amide bonds. The molecule has 5 aliphatic rings. The van der Waals surface area contributed by atoms with Crippen LogP contribution in [0.15, 0.2) is 81.5 Å². The molecule has 0 fully saturated rings. The van der Waals surface area contributed by atoms with Gasteiger partial charge in [0.2, 0.25) is 0 Å². The van der Waals surface area contributed by atoms with Crippen LogP contribution < -0.4 is 0 Å². The molecule has 4 aliphatic carbocycles. The third-order valence-corrected chi connectivity index (χ3v) is 8.38. The molecular formula is C27H27NS2. The van der Waals surface area contributed by atoms with Gasteiger partial charge in [-0.3, -0.25) is 4.99 Å². The van der Waals surface area contributed by atoms with Crippen molar-refractivity contribution >= 4 is 28.6 Å². The Bertz CT molecular complexity index is 1100. The van der Waals surface area contributed by atoms with Gasteiger partial charge in [0.25, 0.3) is 0 Å². The second-order valence-electron chi connectivity index (χ2n) is 8.87. The normalized spacial score (nSPS) is 17.5. The first-order chi connectivity index (χ1) is 14.6. The summed E-state index contributed by atoms with van der Waals surface area (Å²) in [7, 11) is 0. The van der Waals surface area contributed by atoms with Crippen molar-refractivity contribution in [2.45, 2.75) is 54.9 Å². The number of rotatable bonds is 3. The molecule has 0 unspecified atom stereocenters. The molecule has 0 atom stereocenters. The van der Waals surface area contributed by atoms with E-state index in [9.17, 15) is 0 Å². The number of aliphatic imine (C=N–C) groups is 1. The average molecular weight is 430 g/mol. The highest BCUT2D eigenvalue weighted by Gasteiger charge is 2.27. The molecule has 0 saturated heterocycles. The summed E-state index contributed by atoms with van der Waals surface area (Å²) < 4.78 is 0. The summed E-state index contributed by atoms with van der Waals surface area (Å²) in [5, 5.41) is 1.24. The first-order valence-corrected chi connectivity index (χ1v) is 12.6. The Morgan fingerprint density at radius 3 is 2.23 bits per heavy atom. The Kier molecular flexibility index (Phi) is 5.51. The molecule has 3 aromatic carbocycles. The molecular weight excluding hydrogens is 402 g/mol. The van der Waals surface area contributed by atoms with E-state index in [1.54, 1.807) is 0 Å². The fourth-order valence-electron chi connectivity index (χ4n) is 4.15. The lowest BCUT2D eigenvalue weighted by atomic mass is 9.93. The van der Waals surface area contributed by atoms with Gasteiger partial charge in [0, 0.05) is 21.1 Å². The number of nitrogens with zero attached hydrogens (tertiary/aromatic N) is 1. The van der Waals surface area contributed by atoms with Crippen LogP contribution in [0.25, 0.3) is 0 Å². The van der Waals surface area contributed by atoms with E-state index in [2.05, 4.69) is 80.6 Å². The van der Waals surface area contributed by atoms with Gasteiger partial charge in [-0.25, -0.2) is 0 Å². The molecule has 0 spiro atoms. The zero-order chi connectivity index (χ0) is 20.6. The topological polar surface area (TPSA) is 12.4 Å². The number of thioether (sulfide) groups is 1. The lowest BCUT2D eigenvalue weighted by Crippen LogP contribution is -2.15. The quantitative estimate of drug-likeness (QED) is 0.445. The molecule has 0 N–H and O–H groups in total. The summed E-state index contributed by atoms with van der Waals surface area (Å²) in [6.07, 6.45) is 4.26. The summed E-state index contributed by atoms with van der Waals surface area (Å²) in [5.41, 5.74) is 7.15. The van der Waals surface area contributed by atoms with Gasteiger partial charge in [0.1, 0.15) is 0 Å². The van der Waals surface area contributed by atoms with E-state index in [0.717, 1.165) is 31.4 Å². The fraction of sp³-hybridized carbons (Fsp3) is 0.296. The van der Waals surface area contributed by atoms with Crippen LogP contribution in [-0.2, 0) is 25.7 Å². The van der Waals surface area contributed by atoms with E-state index in [0.29, 0.717) is 0 Å². The van der Waals surface area contributed by atoms with Crippen molar-refractivity contribution in [2.75, 3.05) is 5.75 Å². The van der Waals surface area contributed by atoms with Gasteiger partial charge in [0.15, 0.2) is 0 Å². The predicted octanol–water partition coefficient (Wildman–Crippen LogP) is 6.99. The van der Waals surface area contributed by atoms with Crippen LogP contribution in [0.1, 0.15) is 41.7 Å². The first-order valence-electron chi connectivity index (χ1n) is 10.8. The maximum Gasteiger partial charge on any atom is 0.0987 e. The van der Waals surface area contributed by atoms with Crippen molar-refractivity contribution in [3.8, 4) is 0 Å². The summed E-state index contributed by atoms with van der Waals surface area (Å²) in [5.74, 6) is 1.07. The standard InChI is InChI=1S/C27H27NS2/c1-27(2)18-29-26(28-27)24-16-19-8-9-20-11-13-22(15-14-21(24)12-10-19)25(17-20)30-23-6-4-3-5-7-23/h3-7,10-13,16-17H,8-9,14-15,18H2,1-2H3. The molecule has 152 valence electrons. The van der Waals surface area contributed by atoms with Crippen molar-refractivity contribution in [3.63, 3.8) is 0 Å². The molecule has 1 aliphatic heterocycles. The summed E-state index contributed by atoms with van der Waals surface area (Å²) in [4.78, 5) is 7.77. The third-order valence-electron chi connectivity index (χ3n) is 5.84. The van der Waals surface area contributed by atoms with Crippen molar-refractivity contribution in [2.24, 2.45) is 4.99 Å². The van der Waals surface area contributed by atoms with E-state index in [1.807, 2.05) is 23.5 Å². The minimum atomic E-state index is 0.0490. The number of aryl methyl sites for hydroxylation is 4. The van der Waals surface area contributed by atoms with E-state index >= 15 is 0 Å². The zero-order valence-electron chi connectivity index (χ0n) is 17.7. The number of hydrogen-bond acceptors (Lipinski definition) is 3. The largest absolute Gasteiger partial charge is 0.271 e. The van der Waals surface area contributed by atoms with Crippen LogP contribution in [0.5, 0.6) is 0 Å². The van der Waals surface area contributed by atoms with Crippen LogP contribution in [0.3, 0.4) is 0 Å². The zero-order valence-corrected chi connectivity index (χ0v) is 19.3. The van der Waals surface area contributed by atoms with Crippen LogP contribution in [0, 0.1) is 0 Å². The average Bonchev–Trinajstić information content (AvgIpc) is 3.10. The van der Waals surface area contributed by atoms with Gasteiger partial charge in [-0.05, 0) is 86.1 Å². The third kappa shape index (κ3) is 4.38. The first kappa shape index (κ1) is 20.0. The number of benzene rings is 3. The van der Waals surface area contributed by atoms with Crippen molar-refractivity contribution < 1.29 is 0 Å². The van der Waals surface area contributed by atoms with E-state index < -0.39 is 0 Å². The van der Waals surface area contributed by atoms with Crippen molar-refractivity contribution in [1.82, 2.24) is 0 Å². The van der Waals surface area contributed by atoms with E-state index in [-0.39, 0.29) is 5.54 Å². The second-order valence-corrected chi connectivity index (χ2v) is 10.9. The number of hydrogen-bond donors (Lipinski definition) is 0. The Hall–Kier alpha value is -1.97. The van der Waals surface area contributed by atoms with Crippen LogP contribution in [0.2, 0.25) is 0 Å². The minimum absolute atomic E-state index is 0.0490. The van der Waals surface area contributed by atoms with E-state index in [4.69, 9.17) is 4.99 Å². The Morgan fingerprint density at radius 1 is 0.800 bits per heavy atom. The highest BCUT2D eigenvalue weighted by molar-refractivity contribution is 8.14. The minimum Gasteiger partial charge on any atom is -0.271 e. The highest BCUT2D eigenvalue weighted by Crippen LogP contribution is 2.35. The van der Waals surface area contributed by atoms with Gasteiger partial charge in [0.05, 0.1) is 10.6 Å². The van der Waals surface area contributed by atoms with Crippen LogP contribution >= 0.6 is 23.5 Å². The monoisotopic (exact) mass is 429 g/mol. The fourth-order valence-corrected chi connectivity index (χ4v) is 6.42. The molecule has 30 heavy (non-hydrogen) atoms. The maximum absolute atomic E-state index is 5.05. The summed E-state index contributed by atoms with van der Waals surface area (Å²) in [6.45, 7) is 4.48. The lowest BCUT2D eigenvalue weighted by Gasteiger charge is -2.17. The van der Waals surface area contributed by atoms with E-state index in [1.165, 1.54) is 42.7 Å². The highest BCUT2D eigenvalue weighted by atomic mass is 32.2. The molecule has 0 aromatic heterocycles. The Balaban J connectivity index is 1.50. The summed E-state index contributed by atoms with van der Waals surface area (Å²) in [6, 6.07) is 25.0. The van der Waals surface area contributed by atoms with Gasteiger partial charge in [-0.1, -0.05) is 54.2 Å². The molecule has 1 heterocycles. The Labute approximate surface area is 188 Å². The van der Waals surface area contributed by atoms with Crippen molar-refractivity contribution in [1.29, 1.82) is 0 Å². The van der Waals surface area contributed by atoms with Gasteiger partial charge < -0.3 is 0 Å². The SMILES string of the molecule is CC1(C)CSC(c2cc3ccc2CCc2ccc(cc2Sc2ccccc2)CC3)=N1. The Morgan fingerprint density at radius 2 is 1.50 bits per heavy atom. The molecule has 0 saturated carbocycles. The predicted molar refractivity (Wildman–Crippen MR) is 131 cm³/mol. The molecule has 0 radical (unpaired) electrons. The lowest BCUT2D eigenvalue weighted by molar-refractivity contribution is 0.605. The maximum atomic E-state index is 5.05. The molecule has 3 aromatic rings. The summed E-state index contributed by atoms with van der Waals surface area (Å²) >= 11 is 3.82. The van der Waals surface area contributed by atoms with Gasteiger partial charge >= 0.3 is 0 Å². The van der Waals surface area contributed by atoms with Crippen LogP contribution in [-0.4, -0.2) is 16.3 Å². The molecule has 8 rings (SSSR count). The second kappa shape index (κ2) is 8.28. The van der Waals surface area contributed by atoms with Crippen LogP contribution in [0.4, 0.5) is 0 Å². The molecule has 3 heteroatoms. The smallest absolute Gasteiger partial charge is 0.0987 e. The molecule has 4 bridgehead atoms. The molecule has 1 nitrogen and oxygen atoms in total. The van der Waals surface area contributed by atoms with Gasteiger partial charge in [-0.2, -0.15) is 0 Å².